The van der Waals surface area contributed by atoms with Crippen LogP contribution in [0.2, 0.25) is 0 Å². The average Bonchev–Trinajstić information content (AvgIpc) is 2.78. The van der Waals surface area contributed by atoms with Crippen LogP contribution < -0.4 is 117 Å². The van der Waals surface area contributed by atoms with Gasteiger partial charge in [-0.3, -0.25) is 9.83 Å². The number of nitrogens with one attached hydrogen (secondary N) is 1. The fourth-order valence-corrected chi connectivity index (χ4v) is 3.51. The average molecular weight is 635 g/mol. The third-order valence-corrected chi connectivity index (χ3v) is 5.02. The molecule has 2 aromatic rings. The summed E-state index contributed by atoms with van der Waals surface area (Å²) >= 11 is 0.276. The second-order valence-electron chi connectivity index (χ2n) is 6.34. The number of hydrogen-bond donors (Lipinski definition) is 1. The Kier molecular flexibility index (Phi) is 21.0. The van der Waals surface area contributed by atoms with E-state index in [0.717, 1.165) is 12.1 Å². The predicted molar refractivity (Wildman–Crippen MR) is 116 cm³/mol. The van der Waals surface area contributed by atoms with Gasteiger partial charge >= 0.3 is 88.7 Å². The molecule has 1 amide bonds. The van der Waals surface area contributed by atoms with Crippen LogP contribution in [0.1, 0.15) is 11.1 Å². The zero-order valence-electron chi connectivity index (χ0n) is 21.0. The number of ether oxygens (including phenoxy) is 1. The minimum absolute atomic E-state index is 0. The van der Waals surface area contributed by atoms with Gasteiger partial charge in [0, 0.05) is 12.6 Å². The van der Waals surface area contributed by atoms with E-state index >= 15 is 0 Å². The van der Waals surface area contributed by atoms with Crippen LogP contribution in [-0.4, -0.2) is 45.5 Å². The van der Waals surface area contributed by atoms with Gasteiger partial charge in [0.25, 0.3) is 33.1 Å². The molecule has 1 N–H and O–H groups in total. The summed E-state index contributed by atoms with van der Waals surface area (Å²) < 4.78 is 87.3. The van der Waals surface area contributed by atoms with Gasteiger partial charge < -0.3 is 37.0 Å². The normalized spacial score (nSPS) is 10.9. The van der Waals surface area contributed by atoms with Crippen molar-refractivity contribution in [3.63, 3.8) is 0 Å². The van der Waals surface area contributed by atoms with Crippen LogP contribution in [0.3, 0.4) is 0 Å². The van der Waals surface area contributed by atoms with Crippen LogP contribution in [0.5, 0.6) is 23.0 Å². The number of amides is 1. The summed E-state index contributed by atoms with van der Waals surface area (Å²) in [6, 6.07) is 7.78. The smallest absolute Gasteiger partial charge is 0.716 e. The first-order valence-electron chi connectivity index (χ1n) is 9.27. The van der Waals surface area contributed by atoms with Gasteiger partial charge in [0.1, 0.15) is 0 Å². The summed E-state index contributed by atoms with van der Waals surface area (Å²) in [7, 11) is -9.19. The molecule has 0 aliphatic carbocycles. The van der Waals surface area contributed by atoms with Gasteiger partial charge in [-0.1, -0.05) is 12.1 Å². The maximum absolute atomic E-state index is 12.1. The molecule has 15 nitrogen and oxygen atoms in total. The van der Waals surface area contributed by atoms with E-state index in [1.54, 1.807) is 6.07 Å². The fraction of sp³-hybridized carbons (Fsp3) is 0.167. The van der Waals surface area contributed by atoms with Crippen molar-refractivity contribution in [1.29, 1.82) is 0 Å². The number of benzene rings is 2. The van der Waals surface area contributed by atoms with Crippen molar-refractivity contribution in [3.8, 4) is 23.0 Å². The Morgan fingerprint density at radius 3 is 2.13 bits per heavy atom. The van der Waals surface area contributed by atoms with Gasteiger partial charge in [0.05, 0.1) is 7.11 Å². The first kappa shape index (κ1) is 41.0. The Balaban J connectivity index is 0. The first-order chi connectivity index (χ1) is 16.9. The standard InChI is InChI=1S/C18H19NO14S3.3Na/c1-28-16-10-12(2-5-14(16)29-34-33-32-21)4-7-18(20)19-9-8-13-3-6-15(30-35(22,23)24)17(11-13)31-36(25,26)27;;;/h2-7,10-11,21H,8-9H2,1H3,(H,19,20)(H,22,23,24)(H,25,26,27);;;/q;3*+1/p-3/b7-4+;;;. The van der Waals surface area contributed by atoms with Gasteiger partial charge in [-0.05, 0) is 47.9 Å². The Morgan fingerprint density at radius 1 is 0.923 bits per heavy atom. The number of methoxy groups -OCH3 is 1. The minimum atomic E-state index is -5.30. The SMILES string of the molecule is COc1cc(/C=C/C(=O)NCCc2ccc(OS(=O)(=O)[O-])c(OS(=O)(=O)[O-])c2)ccc1OSOO[O-].[Na+].[Na+].[Na+]. The molecule has 198 valence electrons. The Morgan fingerprint density at radius 2 is 1.54 bits per heavy atom. The van der Waals surface area contributed by atoms with Crippen LogP contribution in [0, 0.1) is 0 Å². The minimum Gasteiger partial charge on any atom is -0.716 e. The summed E-state index contributed by atoms with van der Waals surface area (Å²) in [4.78, 5) is 12.1. The summed E-state index contributed by atoms with van der Waals surface area (Å²) in [5.74, 6) is -1.60. The van der Waals surface area contributed by atoms with Gasteiger partial charge in [-0.25, -0.2) is 16.8 Å². The molecule has 21 heteroatoms. The molecule has 0 unspecified atom stereocenters. The van der Waals surface area contributed by atoms with E-state index in [0.29, 0.717) is 11.1 Å². The van der Waals surface area contributed by atoms with E-state index in [4.69, 9.17) is 8.92 Å². The van der Waals surface area contributed by atoms with Gasteiger partial charge in [0.2, 0.25) is 5.91 Å². The molecule has 0 aliphatic rings. The zero-order valence-corrected chi connectivity index (χ0v) is 29.4. The number of hydrogen-bond acceptors (Lipinski definition) is 15. The molecule has 0 saturated carbocycles. The molecule has 0 aliphatic heterocycles. The van der Waals surface area contributed by atoms with Crippen LogP contribution in [-0.2, 0) is 41.4 Å². The third-order valence-electron chi connectivity index (χ3n) is 3.90. The second kappa shape index (κ2) is 19.9. The van der Waals surface area contributed by atoms with Crippen molar-refractivity contribution in [2.24, 2.45) is 0 Å². The van der Waals surface area contributed by atoms with Crippen molar-refractivity contribution in [2.45, 2.75) is 6.42 Å². The predicted octanol–water partition coefficient (Wildman–Crippen LogP) is -9.08. The molecule has 39 heavy (non-hydrogen) atoms. The quantitative estimate of drug-likeness (QED) is 0.0298. The molecule has 0 saturated heterocycles. The zero-order chi connectivity index (χ0) is 26.8. The van der Waals surface area contributed by atoms with Crippen molar-refractivity contribution in [2.75, 3.05) is 13.7 Å². The van der Waals surface area contributed by atoms with Crippen molar-refractivity contribution >= 4 is 45.1 Å². The van der Waals surface area contributed by atoms with E-state index in [-0.39, 0.29) is 125 Å². The van der Waals surface area contributed by atoms with Crippen LogP contribution in [0.25, 0.3) is 6.08 Å². The fourth-order valence-electron chi connectivity index (χ4n) is 2.54. The molecule has 0 atom stereocenters. The van der Waals surface area contributed by atoms with Crippen molar-refractivity contribution in [3.05, 3.63) is 53.6 Å². The van der Waals surface area contributed by atoms with Gasteiger partial charge in [-0.15, -0.1) is 4.33 Å². The number of rotatable bonds is 14. The molecular weight excluding hydrogens is 619 g/mol. The Bertz CT molecular complexity index is 1310. The molecule has 0 fully saturated rings. The van der Waals surface area contributed by atoms with E-state index in [1.807, 2.05) is 0 Å². The number of carbonyl (C=O) groups excluding carboxylic acids is 1. The molecule has 2 aromatic carbocycles. The van der Waals surface area contributed by atoms with E-state index in [2.05, 4.69) is 23.1 Å². The molecular formula is C18H16NNa3O14S3. The maximum atomic E-state index is 12.1. The molecule has 0 heterocycles. The van der Waals surface area contributed by atoms with E-state index in [9.17, 15) is 36.0 Å². The monoisotopic (exact) mass is 635 g/mol. The van der Waals surface area contributed by atoms with Crippen LogP contribution in [0.4, 0.5) is 0 Å². The van der Waals surface area contributed by atoms with Crippen LogP contribution >= 0.6 is 12.3 Å². The Labute approximate surface area is 294 Å². The van der Waals surface area contributed by atoms with Crippen molar-refractivity contribution in [1.82, 2.24) is 5.32 Å². The first-order valence-corrected chi connectivity index (χ1v) is 12.6. The third kappa shape index (κ3) is 16.8. The summed E-state index contributed by atoms with van der Waals surface area (Å²) in [5, 5.41) is 15.5. The summed E-state index contributed by atoms with van der Waals surface area (Å²) in [6.07, 6.45) is 2.78. The van der Waals surface area contributed by atoms with Crippen LogP contribution in [0.15, 0.2) is 42.5 Å². The van der Waals surface area contributed by atoms with E-state index < -0.39 is 38.2 Å². The molecule has 2 rings (SSSR count). The summed E-state index contributed by atoms with van der Waals surface area (Å²) in [5.41, 5.74) is 0.878. The van der Waals surface area contributed by atoms with E-state index in [1.165, 1.54) is 37.5 Å². The number of carbonyl (C=O) groups is 1. The van der Waals surface area contributed by atoms with Gasteiger partial charge in [-0.2, -0.15) is 0 Å². The Hall–Kier alpha value is -0.100. The van der Waals surface area contributed by atoms with Crippen molar-refractivity contribution < 1.29 is 151 Å². The topological polar surface area (TPSA) is 222 Å². The molecule has 0 aromatic heterocycles. The largest absolute Gasteiger partial charge is 1.00 e. The molecule has 0 bridgehead atoms. The van der Waals surface area contributed by atoms with Gasteiger partial charge in [0.15, 0.2) is 23.0 Å². The maximum Gasteiger partial charge on any atom is 1.00 e. The summed E-state index contributed by atoms with van der Waals surface area (Å²) in [6.45, 7) is 0.0436. The molecule has 0 radical (unpaired) electrons. The molecule has 0 spiro atoms. The second-order valence-corrected chi connectivity index (χ2v) is 8.74.